The molecule has 0 heterocycles. The molecule has 1 unspecified atom stereocenters. The van der Waals surface area contributed by atoms with Crippen LogP contribution in [0.3, 0.4) is 0 Å². The van der Waals surface area contributed by atoms with Gasteiger partial charge >= 0.3 is 0 Å². The Morgan fingerprint density at radius 1 is 1.40 bits per heavy atom. The van der Waals surface area contributed by atoms with Gasteiger partial charge in [-0.1, -0.05) is 28.9 Å². The van der Waals surface area contributed by atoms with Gasteiger partial charge in [0.05, 0.1) is 7.11 Å². The molecule has 0 radical (unpaired) electrons. The Morgan fingerprint density at radius 3 is 2.65 bits per heavy atom. The van der Waals surface area contributed by atoms with E-state index in [9.17, 15) is 8.42 Å². The van der Waals surface area contributed by atoms with Crippen molar-refractivity contribution < 1.29 is 13.2 Å². The molecule has 0 spiro atoms. The van der Waals surface area contributed by atoms with Crippen molar-refractivity contribution in [2.45, 2.75) is 25.8 Å². The molecule has 0 fully saturated rings. The molecule has 20 heavy (non-hydrogen) atoms. The van der Waals surface area contributed by atoms with Crippen LogP contribution in [0.25, 0.3) is 0 Å². The van der Waals surface area contributed by atoms with E-state index in [1.54, 1.807) is 7.11 Å². The van der Waals surface area contributed by atoms with E-state index in [4.69, 9.17) is 4.74 Å². The Hall–Kier alpha value is -0.590. The van der Waals surface area contributed by atoms with Crippen LogP contribution in [0.4, 0.5) is 0 Å². The number of halogens is 1. The van der Waals surface area contributed by atoms with Gasteiger partial charge in [0.2, 0.25) is 0 Å². The summed E-state index contributed by atoms with van der Waals surface area (Å²) in [5.41, 5.74) is 1.06. The summed E-state index contributed by atoms with van der Waals surface area (Å²) in [6.45, 7) is 2.86. The minimum Gasteiger partial charge on any atom is -0.496 e. The molecule has 1 atom stereocenters. The van der Waals surface area contributed by atoms with E-state index in [2.05, 4.69) is 21.2 Å². The van der Waals surface area contributed by atoms with Crippen molar-refractivity contribution in [1.29, 1.82) is 0 Å². The standard InChI is InChI=1S/C14H22BrNO3S/c1-4-16-13(6-5-9-20(3,17)18)12-8-7-11(15)10-14(12)19-2/h7-8,10,13,16H,4-6,9H2,1-3H3. The second-order valence-corrected chi connectivity index (χ2v) is 7.94. The van der Waals surface area contributed by atoms with Crippen molar-refractivity contribution in [2.24, 2.45) is 0 Å². The zero-order chi connectivity index (χ0) is 15.2. The van der Waals surface area contributed by atoms with Crippen LogP contribution < -0.4 is 10.1 Å². The van der Waals surface area contributed by atoms with Crippen LogP contribution in [0.1, 0.15) is 31.4 Å². The van der Waals surface area contributed by atoms with Gasteiger partial charge in [-0.2, -0.15) is 0 Å². The maximum atomic E-state index is 11.2. The van der Waals surface area contributed by atoms with E-state index in [0.29, 0.717) is 6.42 Å². The zero-order valence-electron chi connectivity index (χ0n) is 12.1. The van der Waals surface area contributed by atoms with Crippen molar-refractivity contribution in [3.8, 4) is 5.75 Å². The summed E-state index contributed by atoms with van der Waals surface area (Å²) >= 11 is 3.42. The number of sulfone groups is 1. The van der Waals surface area contributed by atoms with E-state index in [1.165, 1.54) is 6.26 Å². The van der Waals surface area contributed by atoms with Gasteiger partial charge < -0.3 is 10.1 Å². The first-order valence-electron chi connectivity index (χ1n) is 6.62. The molecule has 1 aromatic rings. The minimum absolute atomic E-state index is 0.102. The van der Waals surface area contributed by atoms with Crippen molar-refractivity contribution >= 4 is 25.8 Å². The summed E-state index contributed by atoms with van der Waals surface area (Å²) in [4.78, 5) is 0. The van der Waals surface area contributed by atoms with Gasteiger partial charge in [0.25, 0.3) is 0 Å². The van der Waals surface area contributed by atoms with Crippen molar-refractivity contribution in [2.75, 3.05) is 25.7 Å². The molecular formula is C14H22BrNO3S. The van der Waals surface area contributed by atoms with Gasteiger partial charge in [-0.05, 0) is 31.5 Å². The quantitative estimate of drug-likeness (QED) is 0.771. The first-order valence-corrected chi connectivity index (χ1v) is 9.47. The van der Waals surface area contributed by atoms with Crippen molar-refractivity contribution in [3.63, 3.8) is 0 Å². The minimum atomic E-state index is -2.91. The molecular weight excluding hydrogens is 342 g/mol. The van der Waals surface area contributed by atoms with Crippen molar-refractivity contribution in [1.82, 2.24) is 5.32 Å². The molecule has 0 aromatic heterocycles. The Balaban J connectivity index is 2.84. The van der Waals surface area contributed by atoms with Crippen LogP contribution in [0.2, 0.25) is 0 Å². The number of nitrogens with one attached hydrogen (secondary N) is 1. The molecule has 0 aliphatic heterocycles. The highest BCUT2D eigenvalue weighted by molar-refractivity contribution is 9.10. The predicted octanol–water partition coefficient (Wildman–Crippen LogP) is 2.93. The van der Waals surface area contributed by atoms with Gasteiger partial charge in [-0.3, -0.25) is 0 Å². The lowest BCUT2D eigenvalue weighted by atomic mass is 10.0. The lowest BCUT2D eigenvalue weighted by molar-refractivity contribution is 0.395. The fraction of sp³-hybridized carbons (Fsp3) is 0.571. The Kier molecular flexibility index (Phi) is 6.99. The molecule has 0 amide bonds. The molecule has 4 nitrogen and oxygen atoms in total. The largest absolute Gasteiger partial charge is 0.496 e. The van der Waals surface area contributed by atoms with Crippen LogP contribution in [0.15, 0.2) is 22.7 Å². The highest BCUT2D eigenvalue weighted by Crippen LogP contribution is 2.31. The van der Waals surface area contributed by atoms with Crippen LogP contribution >= 0.6 is 15.9 Å². The highest BCUT2D eigenvalue weighted by atomic mass is 79.9. The molecule has 114 valence electrons. The molecule has 1 N–H and O–H groups in total. The Bertz CT molecular complexity index is 531. The molecule has 0 saturated heterocycles. The van der Waals surface area contributed by atoms with E-state index in [1.807, 2.05) is 25.1 Å². The Morgan fingerprint density at radius 2 is 2.10 bits per heavy atom. The van der Waals surface area contributed by atoms with Gasteiger partial charge in [0.1, 0.15) is 15.6 Å². The van der Waals surface area contributed by atoms with Crippen LogP contribution in [-0.4, -0.2) is 34.1 Å². The zero-order valence-corrected chi connectivity index (χ0v) is 14.6. The SMILES string of the molecule is CCNC(CCCS(C)(=O)=O)c1ccc(Br)cc1OC. The first kappa shape index (κ1) is 17.5. The molecule has 0 aliphatic rings. The molecule has 1 rings (SSSR count). The summed E-state index contributed by atoms with van der Waals surface area (Å²) in [5, 5.41) is 3.39. The van der Waals surface area contributed by atoms with Crippen LogP contribution in [-0.2, 0) is 9.84 Å². The monoisotopic (exact) mass is 363 g/mol. The topological polar surface area (TPSA) is 55.4 Å². The van der Waals surface area contributed by atoms with Gasteiger partial charge in [-0.25, -0.2) is 8.42 Å². The van der Waals surface area contributed by atoms with Gasteiger partial charge in [-0.15, -0.1) is 0 Å². The van der Waals surface area contributed by atoms with E-state index in [-0.39, 0.29) is 11.8 Å². The second kappa shape index (κ2) is 8.00. The first-order chi connectivity index (χ1) is 9.37. The van der Waals surface area contributed by atoms with Crippen LogP contribution in [0, 0.1) is 0 Å². The number of hydrogen-bond acceptors (Lipinski definition) is 4. The summed E-state index contributed by atoms with van der Waals surface area (Å²) in [7, 11) is -1.26. The van der Waals surface area contributed by atoms with Crippen molar-refractivity contribution in [3.05, 3.63) is 28.2 Å². The lowest BCUT2D eigenvalue weighted by Crippen LogP contribution is -2.22. The fourth-order valence-corrected chi connectivity index (χ4v) is 3.17. The van der Waals surface area contributed by atoms with E-state index >= 15 is 0 Å². The fourth-order valence-electron chi connectivity index (χ4n) is 2.14. The number of benzene rings is 1. The predicted molar refractivity (Wildman–Crippen MR) is 86.1 cm³/mol. The highest BCUT2D eigenvalue weighted by Gasteiger charge is 2.16. The van der Waals surface area contributed by atoms with Gasteiger partial charge in [0.15, 0.2) is 0 Å². The number of hydrogen-bond donors (Lipinski definition) is 1. The van der Waals surface area contributed by atoms with E-state index in [0.717, 1.165) is 28.8 Å². The maximum Gasteiger partial charge on any atom is 0.147 e. The number of rotatable bonds is 8. The molecule has 1 aromatic carbocycles. The van der Waals surface area contributed by atoms with Gasteiger partial charge in [0, 0.05) is 28.1 Å². The van der Waals surface area contributed by atoms with Crippen LogP contribution in [0.5, 0.6) is 5.75 Å². The summed E-state index contributed by atoms with van der Waals surface area (Å²) in [6, 6.07) is 6.01. The summed E-state index contributed by atoms with van der Waals surface area (Å²) in [6.07, 6.45) is 2.67. The summed E-state index contributed by atoms with van der Waals surface area (Å²) in [5.74, 6) is 1.03. The maximum absolute atomic E-state index is 11.2. The molecule has 6 heteroatoms. The lowest BCUT2D eigenvalue weighted by Gasteiger charge is -2.21. The van der Waals surface area contributed by atoms with E-state index < -0.39 is 9.84 Å². The third-order valence-electron chi connectivity index (χ3n) is 3.03. The second-order valence-electron chi connectivity index (χ2n) is 4.77. The average Bonchev–Trinajstić information content (AvgIpc) is 2.36. The molecule has 0 bridgehead atoms. The smallest absolute Gasteiger partial charge is 0.147 e. The number of ether oxygens (including phenoxy) is 1. The summed E-state index contributed by atoms with van der Waals surface area (Å²) < 4.78 is 28.8. The Labute approximate surface area is 130 Å². The average molecular weight is 364 g/mol. The molecule has 0 saturated carbocycles. The normalized spacial score (nSPS) is 13.2. The third-order valence-corrected chi connectivity index (χ3v) is 4.55. The number of methoxy groups -OCH3 is 1. The molecule has 0 aliphatic carbocycles. The third kappa shape index (κ3) is 5.81.